The molecule has 1 aliphatic rings. The van der Waals surface area contributed by atoms with Gasteiger partial charge < -0.3 is 16.4 Å². The minimum Gasteiger partial charge on any atom is -0.383 e. The summed E-state index contributed by atoms with van der Waals surface area (Å²) in [7, 11) is 0. The molecule has 2 aromatic rings. The second kappa shape index (κ2) is 7.82. The third-order valence-corrected chi connectivity index (χ3v) is 4.98. The molecule has 1 heterocycles. The predicted octanol–water partition coefficient (Wildman–Crippen LogP) is 2.57. The molecule has 0 saturated heterocycles. The minimum atomic E-state index is -0.229. The molecule has 1 fully saturated rings. The van der Waals surface area contributed by atoms with E-state index in [1.165, 1.54) is 10.9 Å². The summed E-state index contributed by atoms with van der Waals surface area (Å²) in [6.07, 6.45) is 5.25. The number of amides is 2. The number of aryl methyl sites for hydroxylation is 1. The largest absolute Gasteiger partial charge is 0.383 e. The smallest absolute Gasteiger partial charge is 0.256 e. The van der Waals surface area contributed by atoms with Crippen LogP contribution in [0.4, 0.5) is 5.82 Å². The molecule has 1 aromatic heterocycles. The second-order valence-corrected chi connectivity index (χ2v) is 7.09. The van der Waals surface area contributed by atoms with E-state index in [0.717, 1.165) is 31.2 Å². The molecule has 0 atom stereocenters. The number of hydrogen-bond acceptors (Lipinski definition) is 4. The number of nitrogen functional groups attached to an aromatic ring is 1. The first-order valence-electron chi connectivity index (χ1n) is 9.50. The second-order valence-electron chi connectivity index (χ2n) is 7.09. The summed E-state index contributed by atoms with van der Waals surface area (Å²) >= 11 is 0. The van der Waals surface area contributed by atoms with Crippen LogP contribution in [0.3, 0.4) is 0 Å². The third kappa shape index (κ3) is 4.13. The van der Waals surface area contributed by atoms with E-state index in [1.807, 2.05) is 26.8 Å². The van der Waals surface area contributed by atoms with E-state index in [1.54, 1.807) is 12.1 Å². The van der Waals surface area contributed by atoms with Crippen molar-refractivity contribution in [1.29, 1.82) is 0 Å². The van der Waals surface area contributed by atoms with Gasteiger partial charge in [-0.15, -0.1) is 0 Å². The summed E-state index contributed by atoms with van der Waals surface area (Å²) in [5.74, 6) is -0.0646. The van der Waals surface area contributed by atoms with E-state index >= 15 is 0 Å². The molecule has 0 radical (unpaired) electrons. The van der Waals surface area contributed by atoms with E-state index in [2.05, 4.69) is 15.7 Å². The quantitative estimate of drug-likeness (QED) is 0.698. The zero-order valence-electron chi connectivity index (χ0n) is 16.1. The van der Waals surface area contributed by atoms with Crippen molar-refractivity contribution in [2.75, 3.05) is 5.73 Å². The monoisotopic (exact) mass is 369 g/mol. The van der Waals surface area contributed by atoms with Crippen LogP contribution in [0, 0.1) is 6.92 Å². The molecule has 3 rings (SSSR count). The minimum absolute atomic E-state index is 0.101. The predicted molar refractivity (Wildman–Crippen MR) is 105 cm³/mol. The number of hydrogen-bond donors (Lipinski definition) is 3. The van der Waals surface area contributed by atoms with Gasteiger partial charge in [-0.1, -0.05) is 19.9 Å². The van der Waals surface area contributed by atoms with Crippen molar-refractivity contribution in [3.8, 4) is 5.69 Å². The molecule has 0 aliphatic heterocycles. The molecule has 1 aliphatic carbocycles. The summed E-state index contributed by atoms with van der Waals surface area (Å²) in [5, 5.41) is 10.3. The van der Waals surface area contributed by atoms with Gasteiger partial charge in [-0.05, 0) is 50.3 Å². The number of nitrogens with two attached hydrogens (primary N) is 1. The zero-order chi connectivity index (χ0) is 19.6. The van der Waals surface area contributed by atoms with Gasteiger partial charge in [0, 0.05) is 17.6 Å². The van der Waals surface area contributed by atoms with Crippen LogP contribution >= 0.6 is 0 Å². The molecular formula is C20H27N5O2. The molecule has 0 spiro atoms. The average Bonchev–Trinajstić information content (AvgIpc) is 3.39. The molecule has 0 bridgehead atoms. The van der Waals surface area contributed by atoms with E-state index in [0.29, 0.717) is 16.8 Å². The molecule has 7 nitrogen and oxygen atoms in total. The Morgan fingerprint density at radius 1 is 1.26 bits per heavy atom. The summed E-state index contributed by atoms with van der Waals surface area (Å²) < 4.78 is 1.52. The Hall–Kier alpha value is -2.83. The number of carbonyl (C=O) groups is 2. The van der Waals surface area contributed by atoms with Gasteiger partial charge in [-0.3, -0.25) is 9.59 Å². The third-order valence-electron chi connectivity index (χ3n) is 4.98. The molecule has 0 unspecified atom stereocenters. The maximum absolute atomic E-state index is 12.5. The Kier molecular flexibility index (Phi) is 5.48. The summed E-state index contributed by atoms with van der Waals surface area (Å²) in [4.78, 5) is 24.9. The van der Waals surface area contributed by atoms with Crippen LogP contribution in [0.5, 0.6) is 0 Å². The lowest BCUT2D eigenvalue weighted by Crippen LogP contribution is -2.34. The van der Waals surface area contributed by atoms with E-state index in [9.17, 15) is 9.59 Å². The number of benzene rings is 1. The number of anilines is 1. The molecule has 144 valence electrons. The average molecular weight is 369 g/mol. The van der Waals surface area contributed by atoms with Crippen LogP contribution in [0.2, 0.25) is 0 Å². The van der Waals surface area contributed by atoms with Crippen LogP contribution in [-0.2, 0) is 0 Å². The lowest BCUT2D eigenvalue weighted by molar-refractivity contribution is 0.0932. The first-order valence-corrected chi connectivity index (χ1v) is 9.50. The number of nitrogens with one attached hydrogen (secondary N) is 2. The summed E-state index contributed by atoms with van der Waals surface area (Å²) in [5.41, 5.74) is 8.73. The van der Waals surface area contributed by atoms with Gasteiger partial charge in [-0.25, -0.2) is 4.68 Å². The van der Waals surface area contributed by atoms with Crippen molar-refractivity contribution in [2.45, 2.75) is 58.5 Å². The van der Waals surface area contributed by atoms with Crippen molar-refractivity contribution in [1.82, 2.24) is 20.4 Å². The Labute approximate surface area is 159 Å². The maximum atomic E-state index is 12.5. The topological polar surface area (TPSA) is 102 Å². The Balaban J connectivity index is 1.87. The van der Waals surface area contributed by atoms with Crippen molar-refractivity contribution in [3.05, 3.63) is 41.1 Å². The van der Waals surface area contributed by atoms with Gasteiger partial charge in [0.15, 0.2) is 0 Å². The standard InChI is InChI=1S/C20H27N5O2/c1-4-14(5-2)23-20(27)16-11-22-25(18(16)21)17-10-13(7-6-12(17)3)19(26)24-15-8-9-15/h6-7,10-11,14-15H,4-5,8-9,21H2,1-3H3,(H,23,27)(H,24,26). The maximum Gasteiger partial charge on any atom is 0.256 e. The highest BCUT2D eigenvalue weighted by Gasteiger charge is 2.24. The molecular weight excluding hydrogens is 342 g/mol. The van der Waals surface area contributed by atoms with Gasteiger partial charge >= 0.3 is 0 Å². The van der Waals surface area contributed by atoms with Gasteiger partial charge in [0.05, 0.1) is 11.9 Å². The van der Waals surface area contributed by atoms with E-state index in [4.69, 9.17) is 5.73 Å². The number of aromatic nitrogens is 2. The Morgan fingerprint density at radius 3 is 2.59 bits per heavy atom. The summed E-state index contributed by atoms with van der Waals surface area (Å²) in [6, 6.07) is 5.81. The number of carbonyl (C=O) groups excluding carboxylic acids is 2. The molecule has 27 heavy (non-hydrogen) atoms. The summed E-state index contributed by atoms with van der Waals surface area (Å²) in [6.45, 7) is 5.98. The normalized spacial score (nSPS) is 13.6. The van der Waals surface area contributed by atoms with Crippen molar-refractivity contribution in [2.24, 2.45) is 0 Å². The lowest BCUT2D eigenvalue weighted by atomic mass is 10.1. The van der Waals surface area contributed by atoms with Crippen LogP contribution in [-0.4, -0.2) is 33.7 Å². The molecule has 7 heteroatoms. The highest BCUT2D eigenvalue weighted by Crippen LogP contribution is 2.23. The fourth-order valence-corrected chi connectivity index (χ4v) is 2.96. The van der Waals surface area contributed by atoms with Crippen molar-refractivity contribution < 1.29 is 9.59 Å². The molecule has 1 aromatic carbocycles. The number of nitrogens with zero attached hydrogens (tertiary/aromatic N) is 2. The van der Waals surface area contributed by atoms with Crippen molar-refractivity contribution >= 4 is 17.6 Å². The highest BCUT2D eigenvalue weighted by molar-refractivity contribution is 5.99. The van der Waals surface area contributed by atoms with Gasteiger partial charge in [0.1, 0.15) is 11.4 Å². The van der Waals surface area contributed by atoms with Crippen molar-refractivity contribution in [3.63, 3.8) is 0 Å². The fourth-order valence-electron chi connectivity index (χ4n) is 2.96. The van der Waals surface area contributed by atoms with Crippen LogP contribution in [0.25, 0.3) is 5.69 Å². The lowest BCUT2D eigenvalue weighted by Gasteiger charge is -2.14. The van der Waals surface area contributed by atoms with Crippen LogP contribution in [0.15, 0.2) is 24.4 Å². The highest BCUT2D eigenvalue weighted by atomic mass is 16.2. The van der Waals surface area contributed by atoms with Gasteiger partial charge in [-0.2, -0.15) is 5.10 Å². The van der Waals surface area contributed by atoms with E-state index < -0.39 is 0 Å². The van der Waals surface area contributed by atoms with E-state index in [-0.39, 0.29) is 29.7 Å². The first kappa shape index (κ1) is 18.9. The van der Waals surface area contributed by atoms with Gasteiger partial charge in [0.25, 0.3) is 11.8 Å². The van der Waals surface area contributed by atoms with Crippen LogP contribution < -0.4 is 16.4 Å². The SMILES string of the molecule is CCC(CC)NC(=O)c1cnn(-c2cc(C(=O)NC3CC3)ccc2C)c1N. The molecule has 1 saturated carbocycles. The van der Waals surface area contributed by atoms with Crippen LogP contribution in [0.1, 0.15) is 65.8 Å². The molecule has 2 amide bonds. The zero-order valence-corrected chi connectivity index (χ0v) is 16.1. The van der Waals surface area contributed by atoms with Gasteiger partial charge in [0.2, 0.25) is 0 Å². The fraction of sp³-hybridized carbons (Fsp3) is 0.450. The first-order chi connectivity index (χ1) is 12.9. The number of rotatable bonds is 7. The Bertz CT molecular complexity index is 850. The molecule has 4 N–H and O–H groups in total. The Morgan fingerprint density at radius 2 is 1.96 bits per heavy atom.